The summed E-state index contributed by atoms with van der Waals surface area (Å²) >= 11 is 0. The largest absolute Gasteiger partial charge is 0.332 e. The van der Waals surface area contributed by atoms with Crippen LogP contribution in [-0.4, -0.2) is 29.0 Å². The molecule has 1 N–H and O–H groups in total. The highest BCUT2D eigenvalue weighted by molar-refractivity contribution is 5.80. The number of nitriles is 1. The molecule has 0 aromatic heterocycles. The second-order valence-corrected chi connectivity index (χ2v) is 3.81. The fourth-order valence-corrected chi connectivity index (χ4v) is 1.78. The Morgan fingerprint density at radius 3 is 3.17 bits per heavy atom. The van der Waals surface area contributed by atoms with Gasteiger partial charge in [0.15, 0.2) is 5.03 Å². The van der Waals surface area contributed by atoms with E-state index in [1.807, 2.05) is 6.07 Å². The Kier molecular flexibility index (Phi) is 3.38. The fourth-order valence-electron chi connectivity index (χ4n) is 1.78. The molecule has 1 aliphatic rings. The molecule has 1 aromatic carbocycles. The van der Waals surface area contributed by atoms with Crippen molar-refractivity contribution >= 4 is 5.96 Å². The quantitative estimate of drug-likeness (QED) is 0.618. The van der Waals surface area contributed by atoms with Crippen LogP contribution in [0.15, 0.2) is 29.3 Å². The summed E-state index contributed by atoms with van der Waals surface area (Å²) in [5.41, 5.74) is 3.57. The minimum Gasteiger partial charge on any atom is -0.332 e. The van der Waals surface area contributed by atoms with E-state index in [2.05, 4.69) is 16.5 Å². The van der Waals surface area contributed by atoms with Crippen molar-refractivity contribution in [1.82, 2.24) is 10.3 Å². The van der Waals surface area contributed by atoms with Gasteiger partial charge in [-0.1, -0.05) is 17.6 Å². The summed E-state index contributed by atoms with van der Waals surface area (Å²) < 4.78 is 0. The SMILES string of the molecule is N#Cc1cccc(CN2CCN=C2N[N+](=O)[O-])c1. The number of hydrogen-bond donors (Lipinski definition) is 1. The maximum absolute atomic E-state index is 10.4. The van der Waals surface area contributed by atoms with Gasteiger partial charge in [-0.3, -0.25) is 0 Å². The third-order valence-corrected chi connectivity index (χ3v) is 2.55. The van der Waals surface area contributed by atoms with Crippen molar-refractivity contribution in [2.45, 2.75) is 6.54 Å². The van der Waals surface area contributed by atoms with Crippen LogP contribution in [0, 0.1) is 21.4 Å². The minimum absolute atomic E-state index is 0.266. The molecular formula is C11H11N5O2. The van der Waals surface area contributed by atoms with Crippen LogP contribution in [0.4, 0.5) is 0 Å². The van der Waals surface area contributed by atoms with Gasteiger partial charge in [0.25, 0.3) is 5.96 Å². The molecule has 92 valence electrons. The van der Waals surface area contributed by atoms with Gasteiger partial charge in [-0.25, -0.2) is 15.1 Å². The van der Waals surface area contributed by atoms with E-state index in [9.17, 15) is 10.1 Å². The summed E-state index contributed by atoms with van der Waals surface area (Å²) in [5.74, 6) is 0.266. The monoisotopic (exact) mass is 245 g/mol. The Morgan fingerprint density at radius 2 is 2.44 bits per heavy atom. The van der Waals surface area contributed by atoms with Gasteiger partial charge in [-0.2, -0.15) is 5.26 Å². The molecule has 0 unspecified atom stereocenters. The molecule has 0 fully saturated rings. The zero-order chi connectivity index (χ0) is 13.0. The highest BCUT2D eigenvalue weighted by atomic mass is 16.7. The Balaban J connectivity index is 2.07. The average Bonchev–Trinajstić information content (AvgIpc) is 2.76. The number of hydrazine groups is 1. The zero-order valence-corrected chi connectivity index (χ0v) is 9.54. The molecule has 0 radical (unpaired) electrons. The van der Waals surface area contributed by atoms with E-state index in [1.165, 1.54) is 0 Å². The highest BCUT2D eigenvalue weighted by Gasteiger charge is 2.20. The zero-order valence-electron chi connectivity index (χ0n) is 9.54. The number of nitro groups is 1. The van der Waals surface area contributed by atoms with Crippen LogP contribution in [-0.2, 0) is 6.54 Å². The lowest BCUT2D eigenvalue weighted by Crippen LogP contribution is -2.40. The first-order valence-corrected chi connectivity index (χ1v) is 5.38. The molecule has 1 heterocycles. The predicted octanol–water partition coefficient (Wildman–Crippen LogP) is 0.511. The molecule has 7 heteroatoms. The molecule has 0 saturated heterocycles. The van der Waals surface area contributed by atoms with E-state index < -0.39 is 5.03 Å². The van der Waals surface area contributed by atoms with Crippen LogP contribution >= 0.6 is 0 Å². The Morgan fingerprint density at radius 1 is 1.61 bits per heavy atom. The topological polar surface area (TPSA) is 94.6 Å². The van der Waals surface area contributed by atoms with Crippen molar-refractivity contribution in [2.24, 2.45) is 4.99 Å². The molecule has 1 aliphatic heterocycles. The third-order valence-electron chi connectivity index (χ3n) is 2.55. The number of benzene rings is 1. The Hall–Kier alpha value is -2.62. The summed E-state index contributed by atoms with van der Waals surface area (Å²) in [5, 5.41) is 18.6. The normalized spacial score (nSPS) is 13.9. The number of aliphatic imine (C=N–C) groups is 1. The lowest BCUT2D eigenvalue weighted by molar-refractivity contribution is -0.526. The molecule has 2 rings (SSSR count). The molecule has 0 spiro atoms. The second-order valence-electron chi connectivity index (χ2n) is 3.81. The first kappa shape index (κ1) is 11.9. The van der Waals surface area contributed by atoms with E-state index in [4.69, 9.17) is 5.26 Å². The summed E-state index contributed by atoms with van der Waals surface area (Å²) in [6, 6.07) is 9.22. The maximum atomic E-state index is 10.4. The van der Waals surface area contributed by atoms with Crippen LogP contribution in [0.5, 0.6) is 0 Å². The van der Waals surface area contributed by atoms with E-state index in [-0.39, 0.29) is 5.96 Å². The number of guanidine groups is 1. The predicted molar refractivity (Wildman–Crippen MR) is 64.0 cm³/mol. The smallest absolute Gasteiger partial charge is 0.257 e. The number of nitrogens with zero attached hydrogens (tertiary/aromatic N) is 4. The summed E-state index contributed by atoms with van der Waals surface area (Å²) in [6.45, 7) is 1.66. The number of rotatable bonds is 3. The van der Waals surface area contributed by atoms with Gasteiger partial charge in [0.05, 0.1) is 18.2 Å². The molecular weight excluding hydrogens is 234 g/mol. The first-order valence-electron chi connectivity index (χ1n) is 5.38. The molecule has 18 heavy (non-hydrogen) atoms. The van der Waals surface area contributed by atoms with Crippen molar-refractivity contribution in [3.05, 3.63) is 45.5 Å². The van der Waals surface area contributed by atoms with Gasteiger partial charge in [-0.15, -0.1) is 0 Å². The van der Waals surface area contributed by atoms with Gasteiger partial charge < -0.3 is 4.90 Å². The van der Waals surface area contributed by atoms with Crippen LogP contribution in [0.2, 0.25) is 0 Å². The van der Waals surface area contributed by atoms with Crippen molar-refractivity contribution in [1.29, 1.82) is 5.26 Å². The minimum atomic E-state index is -0.622. The maximum Gasteiger partial charge on any atom is 0.257 e. The number of nitrogens with one attached hydrogen (secondary N) is 1. The molecule has 0 saturated carbocycles. The van der Waals surface area contributed by atoms with Gasteiger partial charge >= 0.3 is 0 Å². The van der Waals surface area contributed by atoms with Gasteiger partial charge in [0.2, 0.25) is 0 Å². The molecule has 1 aromatic rings. The Bertz CT molecular complexity index is 534. The van der Waals surface area contributed by atoms with Crippen LogP contribution in [0.3, 0.4) is 0 Å². The first-order chi connectivity index (χ1) is 8.69. The average molecular weight is 245 g/mol. The van der Waals surface area contributed by atoms with Crippen molar-refractivity contribution < 1.29 is 5.03 Å². The molecule has 0 amide bonds. The molecule has 0 atom stereocenters. The van der Waals surface area contributed by atoms with E-state index in [0.717, 1.165) is 5.56 Å². The van der Waals surface area contributed by atoms with E-state index in [0.29, 0.717) is 25.2 Å². The fraction of sp³-hybridized carbons (Fsp3) is 0.273. The lowest BCUT2D eigenvalue weighted by atomic mass is 10.1. The molecule has 7 nitrogen and oxygen atoms in total. The second kappa shape index (κ2) is 5.14. The van der Waals surface area contributed by atoms with Crippen LogP contribution in [0.25, 0.3) is 0 Å². The lowest BCUT2D eigenvalue weighted by Gasteiger charge is -2.17. The molecule has 0 aliphatic carbocycles. The standard InChI is InChI=1S/C11H11N5O2/c12-7-9-2-1-3-10(6-9)8-15-5-4-13-11(15)14-16(17)18/h1-3,6H,4-5,8H2,(H,13,14). The van der Waals surface area contributed by atoms with Crippen LogP contribution in [0.1, 0.15) is 11.1 Å². The van der Waals surface area contributed by atoms with Crippen molar-refractivity contribution in [3.8, 4) is 6.07 Å². The Labute approximate surface area is 103 Å². The highest BCUT2D eigenvalue weighted by Crippen LogP contribution is 2.10. The van der Waals surface area contributed by atoms with Gasteiger partial charge in [-0.05, 0) is 17.7 Å². The summed E-state index contributed by atoms with van der Waals surface area (Å²) in [4.78, 5) is 16.2. The molecule has 0 bridgehead atoms. The third kappa shape index (κ3) is 2.74. The summed E-state index contributed by atoms with van der Waals surface area (Å²) in [6.07, 6.45) is 0. The van der Waals surface area contributed by atoms with Crippen LogP contribution < -0.4 is 5.43 Å². The van der Waals surface area contributed by atoms with Crippen molar-refractivity contribution in [3.63, 3.8) is 0 Å². The number of hydrogen-bond acceptors (Lipinski definition) is 5. The van der Waals surface area contributed by atoms with Gasteiger partial charge in [0.1, 0.15) is 0 Å². The van der Waals surface area contributed by atoms with Crippen molar-refractivity contribution in [2.75, 3.05) is 13.1 Å². The van der Waals surface area contributed by atoms with E-state index in [1.54, 1.807) is 23.1 Å². The van der Waals surface area contributed by atoms with E-state index >= 15 is 0 Å². The van der Waals surface area contributed by atoms with Gasteiger partial charge in [0, 0.05) is 13.1 Å². The summed E-state index contributed by atoms with van der Waals surface area (Å²) in [7, 11) is 0.